The van der Waals surface area contributed by atoms with Crippen molar-refractivity contribution in [3.63, 3.8) is 0 Å². The molecule has 1 aliphatic heterocycles. The van der Waals surface area contributed by atoms with Crippen LogP contribution in [0.25, 0.3) is 0 Å². The Balaban J connectivity index is 1.91. The van der Waals surface area contributed by atoms with Crippen LogP contribution in [0.4, 0.5) is 4.79 Å². The highest BCUT2D eigenvalue weighted by molar-refractivity contribution is 5.73. The average Bonchev–Trinajstić information content (AvgIpc) is 2.39. The predicted octanol–water partition coefficient (Wildman–Crippen LogP) is -0.127. The Morgan fingerprint density at radius 1 is 1.11 bits per heavy atom. The van der Waals surface area contributed by atoms with Crippen LogP contribution in [-0.2, 0) is 9.53 Å². The fourth-order valence-electron chi connectivity index (χ4n) is 1.97. The van der Waals surface area contributed by atoms with Crippen LogP contribution in [0.2, 0.25) is 0 Å². The highest BCUT2D eigenvalue weighted by atomic mass is 16.5. The SMILES string of the molecule is O=C(O)COCCNC(=O)NCCN1CCCCC1. The maximum Gasteiger partial charge on any atom is 0.329 e. The van der Waals surface area contributed by atoms with Gasteiger partial charge in [0.2, 0.25) is 0 Å². The van der Waals surface area contributed by atoms with E-state index < -0.39 is 5.97 Å². The van der Waals surface area contributed by atoms with Crippen molar-refractivity contribution in [2.45, 2.75) is 19.3 Å². The minimum absolute atomic E-state index is 0.200. The molecule has 0 saturated carbocycles. The van der Waals surface area contributed by atoms with Gasteiger partial charge >= 0.3 is 12.0 Å². The zero-order chi connectivity index (χ0) is 13.9. The van der Waals surface area contributed by atoms with Gasteiger partial charge in [-0.25, -0.2) is 9.59 Å². The molecule has 1 rings (SSSR count). The van der Waals surface area contributed by atoms with E-state index in [0.717, 1.165) is 19.6 Å². The standard InChI is InChI=1S/C12H23N3O4/c16-11(17)10-19-9-5-14-12(18)13-4-8-15-6-2-1-3-7-15/h1-10H2,(H,16,17)(H2,13,14,18). The van der Waals surface area contributed by atoms with Crippen molar-refractivity contribution in [1.29, 1.82) is 0 Å². The fourth-order valence-corrected chi connectivity index (χ4v) is 1.97. The molecular formula is C12H23N3O4. The summed E-state index contributed by atoms with van der Waals surface area (Å²) in [5.74, 6) is -1.01. The van der Waals surface area contributed by atoms with Gasteiger partial charge in [-0.15, -0.1) is 0 Å². The van der Waals surface area contributed by atoms with Crippen LogP contribution in [-0.4, -0.2) is 67.9 Å². The molecule has 0 aromatic rings. The molecule has 0 unspecified atom stereocenters. The molecule has 110 valence electrons. The summed E-state index contributed by atoms with van der Waals surface area (Å²) < 4.78 is 4.79. The van der Waals surface area contributed by atoms with Gasteiger partial charge in [-0.2, -0.15) is 0 Å². The molecule has 1 fully saturated rings. The van der Waals surface area contributed by atoms with Gasteiger partial charge in [-0.3, -0.25) is 0 Å². The number of hydrogen-bond acceptors (Lipinski definition) is 4. The van der Waals surface area contributed by atoms with Crippen molar-refractivity contribution in [2.75, 3.05) is 45.9 Å². The minimum atomic E-state index is -1.01. The zero-order valence-corrected chi connectivity index (χ0v) is 11.2. The summed E-state index contributed by atoms with van der Waals surface area (Å²) >= 11 is 0. The van der Waals surface area contributed by atoms with E-state index in [9.17, 15) is 9.59 Å². The summed E-state index contributed by atoms with van der Waals surface area (Å²) in [4.78, 5) is 23.9. The van der Waals surface area contributed by atoms with E-state index in [1.807, 2.05) is 0 Å². The van der Waals surface area contributed by atoms with E-state index in [2.05, 4.69) is 15.5 Å². The Labute approximate surface area is 113 Å². The highest BCUT2D eigenvalue weighted by Crippen LogP contribution is 2.07. The lowest BCUT2D eigenvalue weighted by molar-refractivity contribution is -0.142. The molecule has 0 spiro atoms. The van der Waals surface area contributed by atoms with Gasteiger partial charge in [0, 0.05) is 19.6 Å². The molecule has 2 amide bonds. The van der Waals surface area contributed by atoms with E-state index in [-0.39, 0.29) is 19.2 Å². The molecule has 0 atom stereocenters. The first-order valence-corrected chi connectivity index (χ1v) is 6.72. The number of carboxylic acids is 1. The summed E-state index contributed by atoms with van der Waals surface area (Å²) in [5.41, 5.74) is 0. The molecule has 1 saturated heterocycles. The number of urea groups is 1. The van der Waals surface area contributed by atoms with E-state index in [1.165, 1.54) is 19.3 Å². The molecular weight excluding hydrogens is 250 g/mol. The van der Waals surface area contributed by atoms with Crippen LogP contribution in [0.5, 0.6) is 0 Å². The van der Waals surface area contributed by atoms with Crippen molar-refractivity contribution < 1.29 is 19.4 Å². The molecule has 7 nitrogen and oxygen atoms in total. The van der Waals surface area contributed by atoms with Crippen molar-refractivity contribution in [2.24, 2.45) is 0 Å². The maximum atomic E-state index is 11.4. The Kier molecular flexibility index (Phi) is 7.92. The van der Waals surface area contributed by atoms with Crippen LogP contribution in [0, 0.1) is 0 Å². The predicted molar refractivity (Wildman–Crippen MR) is 70.1 cm³/mol. The van der Waals surface area contributed by atoms with Crippen LogP contribution in [0.15, 0.2) is 0 Å². The van der Waals surface area contributed by atoms with Gasteiger partial charge in [0.25, 0.3) is 0 Å². The monoisotopic (exact) mass is 273 g/mol. The first-order chi connectivity index (χ1) is 9.18. The Hall–Kier alpha value is -1.34. The van der Waals surface area contributed by atoms with E-state index in [1.54, 1.807) is 0 Å². The lowest BCUT2D eigenvalue weighted by Crippen LogP contribution is -2.42. The van der Waals surface area contributed by atoms with Crippen molar-refractivity contribution in [1.82, 2.24) is 15.5 Å². The first-order valence-electron chi connectivity index (χ1n) is 6.72. The number of amides is 2. The second kappa shape index (κ2) is 9.57. The second-order valence-corrected chi connectivity index (χ2v) is 4.53. The number of aliphatic carboxylic acids is 1. The zero-order valence-electron chi connectivity index (χ0n) is 11.2. The number of likely N-dealkylation sites (tertiary alicyclic amines) is 1. The summed E-state index contributed by atoms with van der Waals surface area (Å²) in [6.45, 7) is 3.91. The number of carbonyl (C=O) groups is 2. The third kappa shape index (κ3) is 8.39. The summed E-state index contributed by atoms with van der Waals surface area (Å²) in [6.07, 6.45) is 3.79. The van der Waals surface area contributed by atoms with Crippen molar-refractivity contribution in [3.05, 3.63) is 0 Å². The Bertz CT molecular complexity index is 280. The third-order valence-electron chi connectivity index (χ3n) is 2.92. The second-order valence-electron chi connectivity index (χ2n) is 4.53. The van der Waals surface area contributed by atoms with Gasteiger partial charge in [-0.1, -0.05) is 6.42 Å². The van der Waals surface area contributed by atoms with E-state index in [0.29, 0.717) is 13.1 Å². The van der Waals surface area contributed by atoms with Gasteiger partial charge in [0.05, 0.1) is 6.61 Å². The largest absolute Gasteiger partial charge is 0.480 e. The number of nitrogens with one attached hydrogen (secondary N) is 2. The highest BCUT2D eigenvalue weighted by Gasteiger charge is 2.09. The van der Waals surface area contributed by atoms with Crippen LogP contribution >= 0.6 is 0 Å². The molecule has 3 N–H and O–H groups in total. The number of carbonyl (C=O) groups excluding carboxylic acids is 1. The summed E-state index contributed by atoms with van der Waals surface area (Å²) in [6, 6.07) is -0.240. The van der Waals surface area contributed by atoms with Gasteiger partial charge < -0.3 is 25.4 Å². The molecule has 7 heteroatoms. The Morgan fingerprint density at radius 2 is 1.79 bits per heavy atom. The van der Waals surface area contributed by atoms with Gasteiger partial charge in [0.15, 0.2) is 0 Å². The van der Waals surface area contributed by atoms with Crippen LogP contribution in [0.1, 0.15) is 19.3 Å². The summed E-state index contributed by atoms with van der Waals surface area (Å²) in [5, 5.41) is 13.7. The molecule has 19 heavy (non-hydrogen) atoms. The Morgan fingerprint density at radius 3 is 2.47 bits per heavy atom. The molecule has 0 aliphatic carbocycles. The average molecular weight is 273 g/mol. The lowest BCUT2D eigenvalue weighted by atomic mass is 10.1. The number of ether oxygens (including phenoxy) is 1. The third-order valence-corrected chi connectivity index (χ3v) is 2.92. The van der Waals surface area contributed by atoms with E-state index >= 15 is 0 Å². The molecule has 0 bridgehead atoms. The number of hydrogen-bond donors (Lipinski definition) is 3. The molecule has 0 radical (unpaired) electrons. The van der Waals surface area contributed by atoms with E-state index in [4.69, 9.17) is 9.84 Å². The minimum Gasteiger partial charge on any atom is -0.480 e. The van der Waals surface area contributed by atoms with Crippen molar-refractivity contribution in [3.8, 4) is 0 Å². The van der Waals surface area contributed by atoms with Crippen LogP contribution < -0.4 is 10.6 Å². The molecule has 0 aromatic carbocycles. The normalized spacial score (nSPS) is 16.0. The topological polar surface area (TPSA) is 90.9 Å². The molecule has 0 aromatic heterocycles. The number of carboxylic acid groups (broad SMARTS) is 1. The maximum absolute atomic E-state index is 11.4. The fraction of sp³-hybridized carbons (Fsp3) is 0.833. The van der Waals surface area contributed by atoms with Gasteiger partial charge in [0.1, 0.15) is 6.61 Å². The smallest absolute Gasteiger partial charge is 0.329 e. The number of piperidine rings is 1. The molecule has 1 heterocycles. The first kappa shape index (κ1) is 15.7. The molecule has 1 aliphatic rings. The lowest BCUT2D eigenvalue weighted by Gasteiger charge is -2.26. The quantitative estimate of drug-likeness (QED) is 0.536. The summed E-state index contributed by atoms with van der Waals surface area (Å²) in [7, 11) is 0. The van der Waals surface area contributed by atoms with Crippen LogP contribution in [0.3, 0.4) is 0 Å². The van der Waals surface area contributed by atoms with Crippen molar-refractivity contribution >= 4 is 12.0 Å². The number of rotatable bonds is 8. The number of nitrogens with zero attached hydrogens (tertiary/aromatic N) is 1. The van der Waals surface area contributed by atoms with Gasteiger partial charge in [-0.05, 0) is 25.9 Å².